The first kappa shape index (κ1) is 10.0. The Morgan fingerprint density at radius 2 is 2.08 bits per heavy atom. The van der Waals surface area contributed by atoms with E-state index in [0.717, 1.165) is 25.0 Å². The molecule has 0 saturated heterocycles. The molecule has 0 spiro atoms. The Bertz CT molecular complexity index is 119. The molecule has 2 heteroatoms. The molecule has 1 aliphatic carbocycles. The molecular formula is C10H22N2. The third-order valence-electron chi connectivity index (χ3n) is 2.84. The fourth-order valence-corrected chi connectivity index (χ4v) is 1.69. The van der Waals surface area contributed by atoms with Crippen LogP contribution in [0.3, 0.4) is 0 Å². The van der Waals surface area contributed by atoms with Crippen LogP contribution in [0.25, 0.3) is 0 Å². The van der Waals surface area contributed by atoms with Gasteiger partial charge in [0.15, 0.2) is 0 Å². The van der Waals surface area contributed by atoms with Crippen molar-refractivity contribution in [2.75, 3.05) is 26.7 Å². The Morgan fingerprint density at radius 3 is 2.58 bits per heavy atom. The van der Waals surface area contributed by atoms with Crippen molar-refractivity contribution < 1.29 is 0 Å². The molecule has 0 aromatic heterocycles. The summed E-state index contributed by atoms with van der Waals surface area (Å²) >= 11 is 0. The topological polar surface area (TPSA) is 15.3 Å². The lowest BCUT2D eigenvalue weighted by Crippen LogP contribution is -2.43. The van der Waals surface area contributed by atoms with Gasteiger partial charge in [-0.2, -0.15) is 0 Å². The number of nitrogens with zero attached hydrogens (tertiary/aromatic N) is 1. The SMILES string of the molecule is CCN(C)CCNC1CC(C)C1. The molecule has 1 rings (SSSR count). The van der Waals surface area contributed by atoms with E-state index in [-0.39, 0.29) is 0 Å². The highest BCUT2D eigenvalue weighted by Crippen LogP contribution is 2.25. The van der Waals surface area contributed by atoms with Gasteiger partial charge in [0.2, 0.25) is 0 Å². The minimum Gasteiger partial charge on any atom is -0.313 e. The first-order chi connectivity index (χ1) is 5.72. The van der Waals surface area contributed by atoms with Crippen molar-refractivity contribution in [3.63, 3.8) is 0 Å². The van der Waals surface area contributed by atoms with Gasteiger partial charge >= 0.3 is 0 Å². The van der Waals surface area contributed by atoms with Crippen molar-refractivity contribution in [1.82, 2.24) is 10.2 Å². The van der Waals surface area contributed by atoms with Crippen LogP contribution in [0.2, 0.25) is 0 Å². The van der Waals surface area contributed by atoms with Gasteiger partial charge in [-0.1, -0.05) is 13.8 Å². The number of likely N-dealkylation sites (N-methyl/N-ethyl adjacent to an activating group) is 1. The molecule has 0 bridgehead atoms. The average Bonchev–Trinajstić information content (AvgIpc) is 2.01. The van der Waals surface area contributed by atoms with Crippen LogP contribution in [-0.2, 0) is 0 Å². The second-order valence-corrected chi connectivity index (χ2v) is 4.12. The molecule has 1 fully saturated rings. The van der Waals surface area contributed by atoms with E-state index in [2.05, 4.69) is 31.1 Å². The summed E-state index contributed by atoms with van der Waals surface area (Å²) < 4.78 is 0. The van der Waals surface area contributed by atoms with Crippen molar-refractivity contribution in [1.29, 1.82) is 0 Å². The molecule has 0 atom stereocenters. The van der Waals surface area contributed by atoms with Gasteiger partial charge in [-0.25, -0.2) is 0 Å². The summed E-state index contributed by atoms with van der Waals surface area (Å²) in [5.74, 6) is 0.964. The Labute approximate surface area is 76.3 Å². The van der Waals surface area contributed by atoms with Gasteiger partial charge in [-0.05, 0) is 32.4 Å². The molecule has 12 heavy (non-hydrogen) atoms. The van der Waals surface area contributed by atoms with E-state index in [1.807, 2.05) is 0 Å². The van der Waals surface area contributed by atoms with Gasteiger partial charge < -0.3 is 10.2 Å². The standard InChI is InChI=1S/C10H22N2/c1-4-12(3)6-5-11-10-7-9(2)8-10/h9-11H,4-8H2,1-3H3. The molecule has 2 nitrogen and oxygen atoms in total. The summed E-state index contributed by atoms with van der Waals surface area (Å²) in [5, 5.41) is 3.57. The van der Waals surface area contributed by atoms with Crippen molar-refractivity contribution in [2.45, 2.75) is 32.7 Å². The first-order valence-electron chi connectivity index (χ1n) is 5.14. The van der Waals surface area contributed by atoms with E-state index in [4.69, 9.17) is 0 Å². The minimum atomic E-state index is 0.824. The quantitative estimate of drug-likeness (QED) is 0.669. The normalized spacial score (nSPS) is 29.0. The van der Waals surface area contributed by atoms with Gasteiger partial charge in [-0.3, -0.25) is 0 Å². The van der Waals surface area contributed by atoms with E-state index in [9.17, 15) is 0 Å². The predicted molar refractivity (Wildman–Crippen MR) is 53.4 cm³/mol. The van der Waals surface area contributed by atoms with Crippen LogP contribution in [0, 0.1) is 5.92 Å². The molecule has 0 aromatic carbocycles. The van der Waals surface area contributed by atoms with E-state index in [1.165, 1.54) is 19.4 Å². The van der Waals surface area contributed by atoms with Crippen LogP contribution in [-0.4, -0.2) is 37.6 Å². The van der Waals surface area contributed by atoms with Crippen molar-refractivity contribution >= 4 is 0 Å². The molecule has 0 aromatic rings. The smallest absolute Gasteiger partial charge is 0.0104 e. The maximum absolute atomic E-state index is 3.57. The van der Waals surface area contributed by atoms with Crippen LogP contribution >= 0.6 is 0 Å². The van der Waals surface area contributed by atoms with Crippen LogP contribution < -0.4 is 5.32 Å². The maximum atomic E-state index is 3.57. The zero-order valence-corrected chi connectivity index (χ0v) is 8.64. The highest BCUT2D eigenvalue weighted by Gasteiger charge is 2.23. The summed E-state index contributed by atoms with van der Waals surface area (Å²) in [5.41, 5.74) is 0. The Kier molecular flexibility index (Phi) is 4.02. The van der Waals surface area contributed by atoms with Crippen LogP contribution in [0.4, 0.5) is 0 Å². The predicted octanol–water partition coefficient (Wildman–Crippen LogP) is 1.33. The Morgan fingerprint density at radius 1 is 1.42 bits per heavy atom. The van der Waals surface area contributed by atoms with E-state index in [1.54, 1.807) is 0 Å². The number of hydrogen-bond acceptors (Lipinski definition) is 2. The summed E-state index contributed by atoms with van der Waals surface area (Å²) in [6.07, 6.45) is 2.77. The molecule has 72 valence electrons. The summed E-state index contributed by atoms with van der Waals surface area (Å²) in [4.78, 5) is 2.34. The number of rotatable bonds is 5. The lowest BCUT2D eigenvalue weighted by atomic mass is 9.82. The molecular weight excluding hydrogens is 148 g/mol. The van der Waals surface area contributed by atoms with E-state index in [0.29, 0.717) is 0 Å². The molecule has 0 amide bonds. The number of hydrogen-bond donors (Lipinski definition) is 1. The zero-order valence-electron chi connectivity index (χ0n) is 8.64. The fraction of sp³-hybridized carbons (Fsp3) is 1.00. The Hall–Kier alpha value is -0.0800. The third-order valence-corrected chi connectivity index (χ3v) is 2.84. The van der Waals surface area contributed by atoms with Crippen molar-refractivity contribution in [3.05, 3.63) is 0 Å². The van der Waals surface area contributed by atoms with Gasteiger partial charge in [0.1, 0.15) is 0 Å². The van der Waals surface area contributed by atoms with Crippen LogP contribution in [0.5, 0.6) is 0 Å². The largest absolute Gasteiger partial charge is 0.313 e. The molecule has 0 heterocycles. The van der Waals surface area contributed by atoms with Crippen LogP contribution in [0.15, 0.2) is 0 Å². The third kappa shape index (κ3) is 3.11. The zero-order chi connectivity index (χ0) is 8.97. The summed E-state index contributed by atoms with van der Waals surface area (Å²) in [6.45, 7) is 8.02. The molecule has 0 unspecified atom stereocenters. The summed E-state index contributed by atoms with van der Waals surface area (Å²) in [6, 6.07) is 0.824. The average molecular weight is 170 g/mol. The minimum absolute atomic E-state index is 0.824. The molecule has 0 aliphatic heterocycles. The van der Waals surface area contributed by atoms with E-state index < -0.39 is 0 Å². The lowest BCUT2D eigenvalue weighted by Gasteiger charge is -2.33. The lowest BCUT2D eigenvalue weighted by molar-refractivity contribution is 0.231. The summed E-state index contributed by atoms with van der Waals surface area (Å²) in [7, 11) is 2.17. The fourth-order valence-electron chi connectivity index (χ4n) is 1.69. The second-order valence-electron chi connectivity index (χ2n) is 4.12. The van der Waals surface area contributed by atoms with Crippen molar-refractivity contribution in [2.24, 2.45) is 5.92 Å². The first-order valence-corrected chi connectivity index (χ1v) is 5.14. The second kappa shape index (κ2) is 4.83. The Balaban J connectivity index is 1.89. The molecule has 0 radical (unpaired) electrons. The number of nitrogens with one attached hydrogen (secondary N) is 1. The highest BCUT2D eigenvalue weighted by atomic mass is 15.1. The van der Waals surface area contributed by atoms with Crippen LogP contribution in [0.1, 0.15) is 26.7 Å². The van der Waals surface area contributed by atoms with Gasteiger partial charge in [0, 0.05) is 19.1 Å². The van der Waals surface area contributed by atoms with Gasteiger partial charge in [0.25, 0.3) is 0 Å². The molecule has 1 aliphatic rings. The van der Waals surface area contributed by atoms with Crippen molar-refractivity contribution in [3.8, 4) is 0 Å². The van der Waals surface area contributed by atoms with Gasteiger partial charge in [-0.15, -0.1) is 0 Å². The highest BCUT2D eigenvalue weighted by molar-refractivity contribution is 4.82. The van der Waals surface area contributed by atoms with Gasteiger partial charge in [0.05, 0.1) is 0 Å². The van der Waals surface area contributed by atoms with E-state index >= 15 is 0 Å². The monoisotopic (exact) mass is 170 g/mol. The molecule has 1 N–H and O–H groups in total. The molecule has 1 saturated carbocycles. The maximum Gasteiger partial charge on any atom is 0.0104 e.